The van der Waals surface area contributed by atoms with Crippen LogP contribution in [0.15, 0.2) is 140 Å². The third-order valence-electron chi connectivity index (χ3n) is 7.59. The van der Waals surface area contributed by atoms with Gasteiger partial charge in [0.2, 0.25) is 0 Å². The molecule has 180 valence electrons. The quantitative estimate of drug-likeness (QED) is 0.180. The van der Waals surface area contributed by atoms with Gasteiger partial charge in [-0.15, -0.1) is 0 Å². The van der Waals surface area contributed by atoms with Crippen molar-refractivity contribution in [2.24, 2.45) is 0 Å². The lowest BCUT2D eigenvalue weighted by Gasteiger charge is -2.19. The lowest BCUT2D eigenvalue weighted by Crippen LogP contribution is -1.92. The zero-order valence-corrected chi connectivity index (χ0v) is 21.8. The minimum absolute atomic E-state index is 0.747. The van der Waals surface area contributed by atoms with Gasteiger partial charge in [-0.3, -0.25) is 0 Å². The topological polar surface area (TPSA) is 0 Å². The molecule has 7 aromatic carbocycles. The Labute approximate surface area is 228 Å². The minimum atomic E-state index is 0.747. The van der Waals surface area contributed by atoms with Crippen LogP contribution in [-0.2, 0) is 5.75 Å². The highest BCUT2D eigenvalue weighted by Crippen LogP contribution is 2.45. The maximum Gasteiger partial charge on any atom is 0.0154 e. The molecule has 7 rings (SSSR count). The van der Waals surface area contributed by atoms with Gasteiger partial charge in [0.1, 0.15) is 0 Å². The van der Waals surface area contributed by atoms with Crippen LogP contribution in [0, 0.1) is 0 Å². The molecule has 0 aliphatic rings. The van der Waals surface area contributed by atoms with E-state index >= 15 is 0 Å². The zero-order valence-electron chi connectivity index (χ0n) is 20.9. The summed E-state index contributed by atoms with van der Waals surface area (Å²) in [6.45, 7) is 0. The third-order valence-corrected chi connectivity index (χ3v) is 7.96. The van der Waals surface area contributed by atoms with Gasteiger partial charge < -0.3 is 0 Å². The van der Waals surface area contributed by atoms with Crippen LogP contribution < -0.4 is 0 Å². The molecule has 0 atom stereocenters. The highest BCUT2D eigenvalue weighted by molar-refractivity contribution is 7.79. The molecule has 0 spiro atoms. The number of hydrogen-bond acceptors (Lipinski definition) is 1. The van der Waals surface area contributed by atoms with Crippen molar-refractivity contribution >= 4 is 44.9 Å². The molecule has 1 heteroatoms. The highest BCUT2D eigenvalue weighted by Gasteiger charge is 2.17. The Morgan fingerprint density at radius 3 is 1.68 bits per heavy atom. The number of benzene rings is 7. The maximum atomic E-state index is 4.44. The molecule has 0 saturated carbocycles. The largest absolute Gasteiger partial charge is 0.175 e. The Hall–Kier alpha value is -4.33. The predicted octanol–water partition coefficient (Wildman–Crippen LogP) is 10.6. The number of rotatable bonds is 4. The molecular weight excluding hydrogens is 476 g/mol. The van der Waals surface area contributed by atoms with Crippen molar-refractivity contribution in [2.75, 3.05) is 0 Å². The normalized spacial score (nSPS) is 11.4. The molecule has 0 radical (unpaired) electrons. The fourth-order valence-electron chi connectivity index (χ4n) is 5.73. The van der Waals surface area contributed by atoms with Crippen molar-refractivity contribution in [3.8, 4) is 33.4 Å². The van der Waals surface area contributed by atoms with Crippen LogP contribution in [0.3, 0.4) is 0 Å². The molecule has 0 N–H and O–H groups in total. The average Bonchev–Trinajstić information content (AvgIpc) is 2.99. The molecule has 0 saturated heterocycles. The molecule has 0 heterocycles. The summed E-state index contributed by atoms with van der Waals surface area (Å²) in [6, 6.07) is 50.9. The Morgan fingerprint density at radius 2 is 0.947 bits per heavy atom. The summed E-state index contributed by atoms with van der Waals surface area (Å²) in [5.74, 6) is 0.747. The van der Waals surface area contributed by atoms with Crippen LogP contribution in [0.2, 0.25) is 0 Å². The molecule has 0 aliphatic carbocycles. The standard InChI is InChI=1S/C37H26S/c38-24-25-14-16-27(17-15-25)30-20-21-34-35(23-30)36(28-9-2-1-3-10-28)32-12-6-7-13-33(32)37(34)31-19-18-26-8-4-5-11-29(26)22-31/h1-23,38H,24H2. The summed E-state index contributed by atoms with van der Waals surface area (Å²) in [6.07, 6.45) is 0. The van der Waals surface area contributed by atoms with E-state index in [0.29, 0.717) is 0 Å². The van der Waals surface area contributed by atoms with Crippen LogP contribution in [0.1, 0.15) is 5.56 Å². The average molecular weight is 503 g/mol. The second-order valence-corrected chi connectivity index (χ2v) is 10.2. The first kappa shape index (κ1) is 22.8. The van der Waals surface area contributed by atoms with Crippen molar-refractivity contribution < 1.29 is 0 Å². The molecule has 0 aromatic heterocycles. The third kappa shape index (κ3) is 3.88. The molecular formula is C37H26S. The fraction of sp³-hybridized carbons (Fsp3) is 0.0270. The van der Waals surface area contributed by atoms with E-state index in [2.05, 4.69) is 152 Å². The number of fused-ring (bicyclic) bond motifs is 3. The van der Waals surface area contributed by atoms with Gasteiger partial charge in [0.05, 0.1) is 0 Å². The van der Waals surface area contributed by atoms with Crippen LogP contribution in [0.4, 0.5) is 0 Å². The SMILES string of the molecule is SCc1ccc(-c2ccc3c(-c4ccc5ccccc5c4)c4ccccc4c(-c4ccccc4)c3c2)cc1. The predicted molar refractivity (Wildman–Crippen MR) is 168 cm³/mol. The van der Waals surface area contributed by atoms with E-state index < -0.39 is 0 Å². The summed E-state index contributed by atoms with van der Waals surface area (Å²) in [5, 5.41) is 7.62. The summed E-state index contributed by atoms with van der Waals surface area (Å²) in [7, 11) is 0. The van der Waals surface area contributed by atoms with Crippen LogP contribution >= 0.6 is 12.6 Å². The molecule has 0 aliphatic heterocycles. The highest BCUT2D eigenvalue weighted by atomic mass is 32.1. The van der Waals surface area contributed by atoms with Gasteiger partial charge in [0.15, 0.2) is 0 Å². The van der Waals surface area contributed by atoms with E-state index in [1.165, 1.54) is 71.3 Å². The molecule has 0 amide bonds. The summed E-state index contributed by atoms with van der Waals surface area (Å²) in [5.41, 5.74) is 8.73. The van der Waals surface area contributed by atoms with E-state index in [1.54, 1.807) is 0 Å². The second-order valence-electron chi connectivity index (χ2n) is 9.84. The summed E-state index contributed by atoms with van der Waals surface area (Å²) in [4.78, 5) is 0. The van der Waals surface area contributed by atoms with Gasteiger partial charge in [-0.25, -0.2) is 0 Å². The van der Waals surface area contributed by atoms with E-state index in [4.69, 9.17) is 0 Å². The van der Waals surface area contributed by atoms with Crippen molar-refractivity contribution in [2.45, 2.75) is 5.75 Å². The molecule has 0 fully saturated rings. The number of thiol groups is 1. The van der Waals surface area contributed by atoms with Gasteiger partial charge in [-0.05, 0) is 83.4 Å². The van der Waals surface area contributed by atoms with Gasteiger partial charge in [0, 0.05) is 5.75 Å². The molecule has 0 unspecified atom stereocenters. The van der Waals surface area contributed by atoms with Crippen molar-refractivity contribution in [1.82, 2.24) is 0 Å². The Kier molecular flexibility index (Phi) is 5.72. The monoisotopic (exact) mass is 502 g/mol. The van der Waals surface area contributed by atoms with Gasteiger partial charge >= 0.3 is 0 Å². The van der Waals surface area contributed by atoms with Crippen LogP contribution in [-0.4, -0.2) is 0 Å². The Balaban J connectivity index is 1.59. The van der Waals surface area contributed by atoms with Gasteiger partial charge in [0.25, 0.3) is 0 Å². The second kappa shape index (κ2) is 9.52. The molecule has 7 aromatic rings. The first-order valence-corrected chi connectivity index (χ1v) is 13.7. The van der Waals surface area contributed by atoms with E-state index in [-0.39, 0.29) is 0 Å². The maximum absolute atomic E-state index is 4.44. The van der Waals surface area contributed by atoms with Gasteiger partial charge in [-0.1, -0.05) is 127 Å². The van der Waals surface area contributed by atoms with E-state index in [0.717, 1.165) is 5.75 Å². The number of hydrogen-bond donors (Lipinski definition) is 1. The lowest BCUT2D eigenvalue weighted by molar-refractivity contribution is 1.43. The van der Waals surface area contributed by atoms with Crippen LogP contribution in [0.5, 0.6) is 0 Å². The molecule has 0 bridgehead atoms. The van der Waals surface area contributed by atoms with E-state index in [1.807, 2.05) is 0 Å². The first-order valence-electron chi connectivity index (χ1n) is 13.0. The molecule has 0 nitrogen and oxygen atoms in total. The molecule has 38 heavy (non-hydrogen) atoms. The Bertz CT molecular complexity index is 1930. The zero-order chi connectivity index (χ0) is 25.5. The van der Waals surface area contributed by atoms with Crippen LogP contribution in [0.25, 0.3) is 65.7 Å². The minimum Gasteiger partial charge on any atom is -0.175 e. The lowest BCUT2D eigenvalue weighted by atomic mass is 9.84. The smallest absolute Gasteiger partial charge is 0.0154 e. The summed E-state index contributed by atoms with van der Waals surface area (Å²) >= 11 is 4.44. The Morgan fingerprint density at radius 1 is 0.368 bits per heavy atom. The van der Waals surface area contributed by atoms with Crippen molar-refractivity contribution in [1.29, 1.82) is 0 Å². The van der Waals surface area contributed by atoms with E-state index in [9.17, 15) is 0 Å². The summed E-state index contributed by atoms with van der Waals surface area (Å²) < 4.78 is 0. The fourth-order valence-corrected chi connectivity index (χ4v) is 5.94. The first-order chi connectivity index (χ1) is 18.8. The van der Waals surface area contributed by atoms with Gasteiger partial charge in [-0.2, -0.15) is 12.6 Å². The van der Waals surface area contributed by atoms with Crippen molar-refractivity contribution in [3.05, 3.63) is 145 Å². The van der Waals surface area contributed by atoms with Crippen molar-refractivity contribution in [3.63, 3.8) is 0 Å².